The highest BCUT2D eigenvalue weighted by atomic mass is 79.9. The number of fused-ring (bicyclic) bond motifs is 1. The molecule has 2 aromatic heterocycles. The molecule has 0 aliphatic heterocycles. The Hall–Kier alpha value is -2.46. The third-order valence-electron chi connectivity index (χ3n) is 2.81. The zero-order valence-corrected chi connectivity index (χ0v) is 11.6. The van der Waals surface area contributed by atoms with Gasteiger partial charge in [0.25, 0.3) is 0 Å². The number of rotatable bonds is 1. The van der Waals surface area contributed by atoms with Gasteiger partial charge in [-0.1, -0.05) is 0 Å². The van der Waals surface area contributed by atoms with E-state index in [0.29, 0.717) is 11.2 Å². The van der Waals surface area contributed by atoms with E-state index >= 15 is 0 Å². The minimum absolute atomic E-state index is 0.134. The van der Waals surface area contributed by atoms with Crippen LogP contribution in [0.4, 0.5) is 10.3 Å². The molecule has 1 aromatic carbocycles. The molecular weight excluding hydrogens is 325 g/mol. The molecule has 2 heterocycles. The Kier molecular flexibility index (Phi) is 2.88. The lowest BCUT2D eigenvalue weighted by Gasteiger charge is -2.07. The first-order chi connectivity index (χ1) is 9.60. The topological polar surface area (TPSA) is 80.5 Å². The molecule has 0 saturated carbocycles. The summed E-state index contributed by atoms with van der Waals surface area (Å²) in [6.45, 7) is 0. The number of nitriles is 1. The number of nitrogens with zero attached hydrogens (tertiary/aromatic N) is 4. The van der Waals surface area contributed by atoms with Gasteiger partial charge in [-0.15, -0.1) is 0 Å². The van der Waals surface area contributed by atoms with Gasteiger partial charge >= 0.3 is 0 Å². The summed E-state index contributed by atoms with van der Waals surface area (Å²) in [6, 6.07) is 7.78. The van der Waals surface area contributed by atoms with E-state index in [0.717, 1.165) is 10.5 Å². The van der Waals surface area contributed by atoms with Crippen LogP contribution in [0.15, 0.2) is 34.9 Å². The summed E-state index contributed by atoms with van der Waals surface area (Å²) in [4.78, 5) is 8.35. The van der Waals surface area contributed by atoms with Crippen LogP contribution in [-0.4, -0.2) is 14.5 Å². The fraction of sp³-hybridized carbons (Fsp3) is 0. The monoisotopic (exact) mass is 331 g/mol. The molecule has 0 amide bonds. The highest BCUT2D eigenvalue weighted by molar-refractivity contribution is 9.10. The summed E-state index contributed by atoms with van der Waals surface area (Å²) in [5.74, 6) is -0.422. The largest absolute Gasteiger partial charge is 0.369 e. The van der Waals surface area contributed by atoms with Crippen molar-refractivity contribution in [2.24, 2.45) is 0 Å². The Balaban J connectivity index is 2.30. The van der Waals surface area contributed by atoms with E-state index in [-0.39, 0.29) is 17.2 Å². The zero-order valence-electron chi connectivity index (χ0n) is 10.0. The molecule has 0 aliphatic carbocycles. The number of hydrogen-bond acceptors (Lipinski definition) is 4. The molecule has 0 aliphatic rings. The van der Waals surface area contributed by atoms with E-state index in [4.69, 9.17) is 11.0 Å². The van der Waals surface area contributed by atoms with Crippen LogP contribution in [0.1, 0.15) is 5.56 Å². The van der Waals surface area contributed by atoms with E-state index in [1.807, 2.05) is 6.07 Å². The van der Waals surface area contributed by atoms with Crippen LogP contribution in [0.5, 0.6) is 0 Å². The van der Waals surface area contributed by atoms with Crippen molar-refractivity contribution in [2.45, 2.75) is 0 Å². The number of hydrogen-bond donors (Lipinski definition) is 1. The smallest absolute Gasteiger partial charge is 0.207 e. The average molecular weight is 332 g/mol. The molecule has 3 rings (SSSR count). The van der Waals surface area contributed by atoms with Gasteiger partial charge in [-0.25, -0.2) is 14.4 Å². The maximum atomic E-state index is 14.1. The predicted molar refractivity (Wildman–Crippen MR) is 75.7 cm³/mol. The molecule has 0 spiro atoms. The standard InChI is InChI=1S/C13H7BrFN5/c14-8-4-10-12(18-6-8)20(13(17)19-10)11-2-1-7(5-16)3-9(11)15/h1-4,6H,(H2,17,19). The number of imidazole rings is 1. The van der Waals surface area contributed by atoms with Gasteiger partial charge < -0.3 is 5.73 Å². The van der Waals surface area contributed by atoms with Crippen LogP contribution >= 0.6 is 15.9 Å². The van der Waals surface area contributed by atoms with Gasteiger partial charge in [0.15, 0.2) is 5.65 Å². The van der Waals surface area contributed by atoms with Gasteiger partial charge in [-0.3, -0.25) is 4.57 Å². The van der Waals surface area contributed by atoms with E-state index in [1.165, 1.54) is 16.7 Å². The Morgan fingerprint density at radius 1 is 1.35 bits per heavy atom. The van der Waals surface area contributed by atoms with Gasteiger partial charge in [-0.05, 0) is 40.2 Å². The molecule has 0 radical (unpaired) electrons. The van der Waals surface area contributed by atoms with Crippen molar-refractivity contribution in [3.63, 3.8) is 0 Å². The van der Waals surface area contributed by atoms with E-state index < -0.39 is 5.82 Å². The maximum absolute atomic E-state index is 14.1. The van der Waals surface area contributed by atoms with Crippen LogP contribution in [0.2, 0.25) is 0 Å². The Morgan fingerprint density at radius 3 is 2.85 bits per heavy atom. The second kappa shape index (κ2) is 4.58. The molecule has 0 unspecified atom stereocenters. The van der Waals surface area contributed by atoms with Crippen molar-refractivity contribution < 1.29 is 4.39 Å². The second-order valence-electron chi connectivity index (χ2n) is 4.08. The quantitative estimate of drug-likeness (QED) is 0.743. The van der Waals surface area contributed by atoms with Crippen molar-refractivity contribution in [3.05, 3.63) is 46.3 Å². The first kappa shape index (κ1) is 12.6. The lowest BCUT2D eigenvalue weighted by Crippen LogP contribution is -2.04. The average Bonchev–Trinajstić information content (AvgIpc) is 2.73. The van der Waals surface area contributed by atoms with E-state index in [1.54, 1.807) is 12.3 Å². The SMILES string of the molecule is N#Cc1ccc(-n2c(N)nc3cc(Br)cnc32)c(F)c1. The van der Waals surface area contributed by atoms with Gasteiger partial charge in [-0.2, -0.15) is 5.26 Å². The summed E-state index contributed by atoms with van der Waals surface area (Å²) in [5, 5.41) is 8.76. The molecule has 7 heteroatoms. The van der Waals surface area contributed by atoms with E-state index in [2.05, 4.69) is 25.9 Å². The maximum Gasteiger partial charge on any atom is 0.207 e. The number of nitrogen functional groups attached to an aromatic ring is 1. The third kappa shape index (κ3) is 1.90. The molecule has 0 saturated heterocycles. The molecule has 0 fully saturated rings. The Labute approximate surface area is 121 Å². The van der Waals surface area contributed by atoms with Gasteiger partial charge in [0.1, 0.15) is 11.3 Å². The van der Waals surface area contributed by atoms with Crippen molar-refractivity contribution >= 4 is 33.0 Å². The Bertz CT molecular complexity index is 865. The molecule has 20 heavy (non-hydrogen) atoms. The van der Waals surface area contributed by atoms with Crippen molar-refractivity contribution in [1.82, 2.24) is 14.5 Å². The van der Waals surface area contributed by atoms with Gasteiger partial charge in [0, 0.05) is 10.7 Å². The minimum atomic E-state index is -0.556. The summed E-state index contributed by atoms with van der Waals surface area (Å²) in [6.07, 6.45) is 1.58. The minimum Gasteiger partial charge on any atom is -0.369 e. The number of aromatic nitrogens is 3. The number of pyridine rings is 1. The van der Waals surface area contributed by atoms with Crippen LogP contribution in [0.25, 0.3) is 16.9 Å². The summed E-state index contributed by atoms with van der Waals surface area (Å²) < 4.78 is 16.3. The number of halogens is 2. The highest BCUT2D eigenvalue weighted by Crippen LogP contribution is 2.25. The highest BCUT2D eigenvalue weighted by Gasteiger charge is 2.15. The first-order valence-electron chi connectivity index (χ1n) is 5.59. The molecule has 2 N–H and O–H groups in total. The summed E-state index contributed by atoms with van der Waals surface area (Å²) >= 11 is 3.29. The lowest BCUT2D eigenvalue weighted by atomic mass is 10.2. The lowest BCUT2D eigenvalue weighted by molar-refractivity contribution is 0.619. The molecular formula is C13H7BrFN5. The predicted octanol–water partition coefficient (Wildman–Crippen LogP) is 2.78. The Morgan fingerprint density at radius 2 is 2.15 bits per heavy atom. The molecule has 98 valence electrons. The van der Waals surface area contributed by atoms with E-state index in [9.17, 15) is 4.39 Å². The number of anilines is 1. The molecule has 5 nitrogen and oxygen atoms in total. The molecule has 0 atom stereocenters. The van der Waals surface area contributed by atoms with Crippen molar-refractivity contribution in [2.75, 3.05) is 5.73 Å². The summed E-state index contributed by atoms with van der Waals surface area (Å²) in [7, 11) is 0. The van der Waals surface area contributed by atoms with Crippen LogP contribution < -0.4 is 5.73 Å². The van der Waals surface area contributed by atoms with Crippen molar-refractivity contribution in [3.8, 4) is 11.8 Å². The van der Waals surface area contributed by atoms with Crippen LogP contribution in [0, 0.1) is 17.1 Å². The normalized spacial score (nSPS) is 10.7. The zero-order chi connectivity index (χ0) is 14.3. The number of nitrogens with two attached hydrogens (primary N) is 1. The number of benzene rings is 1. The summed E-state index contributed by atoms with van der Waals surface area (Å²) in [5.41, 5.74) is 7.30. The van der Waals surface area contributed by atoms with Crippen molar-refractivity contribution in [1.29, 1.82) is 5.26 Å². The fourth-order valence-electron chi connectivity index (χ4n) is 1.95. The van der Waals surface area contributed by atoms with Crippen LogP contribution in [0.3, 0.4) is 0 Å². The van der Waals surface area contributed by atoms with Gasteiger partial charge in [0.2, 0.25) is 5.95 Å². The third-order valence-corrected chi connectivity index (χ3v) is 3.24. The second-order valence-corrected chi connectivity index (χ2v) is 5.00. The first-order valence-corrected chi connectivity index (χ1v) is 6.39. The molecule has 0 bridgehead atoms. The van der Waals surface area contributed by atoms with Gasteiger partial charge in [0.05, 0.1) is 17.3 Å². The fourth-order valence-corrected chi connectivity index (χ4v) is 2.27. The molecule has 3 aromatic rings. The van der Waals surface area contributed by atoms with Crippen LogP contribution in [-0.2, 0) is 0 Å².